The summed E-state index contributed by atoms with van der Waals surface area (Å²) in [5.74, 6) is 0.963. The maximum absolute atomic E-state index is 3.28. The van der Waals surface area contributed by atoms with Gasteiger partial charge in [0.15, 0.2) is 0 Å². The van der Waals surface area contributed by atoms with Gasteiger partial charge in [-0.15, -0.1) is 12.4 Å². The Hall–Kier alpha value is 0.250. The predicted molar refractivity (Wildman–Crippen MR) is 47.7 cm³/mol. The van der Waals surface area contributed by atoms with E-state index >= 15 is 0 Å². The zero-order valence-electron chi connectivity index (χ0n) is 7.11. The summed E-state index contributed by atoms with van der Waals surface area (Å²) in [5, 5.41) is 3.28. The molecule has 0 aliphatic carbocycles. The number of halogens is 1. The van der Waals surface area contributed by atoms with Crippen molar-refractivity contribution in [3.05, 3.63) is 0 Å². The summed E-state index contributed by atoms with van der Waals surface area (Å²) in [6.07, 6.45) is 1.38. The van der Waals surface area contributed by atoms with Gasteiger partial charge in [0.2, 0.25) is 0 Å². The first-order chi connectivity index (χ1) is 4.08. The van der Waals surface area contributed by atoms with E-state index in [1.807, 2.05) is 0 Å². The van der Waals surface area contributed by atoms with Crippen LogP contribution in [-0.2, 0) is 0 Å². The van der Waals surface area contributed by atoms with Gasteiger partial charge in [-0.2, -0.15) is 0 Å². The van der Waals surface area contributed by atoms with E-state index in [-0.39, 0.29) is 12.4 Å². The lowest BCUT2D eigenvalue weighted by Gasteiger charge is -2.32. The SMILES string of the molecule is CC(C)(C)CC1CNC1.Cl. The molecule has 1 heterocycles. The molecule has 0 saturated carbocycles. The van der Waals surface area contributed by atoms with E-state index < -0.39 is 0 Å². The van der Waals surface area contributed by atoms with Crippen LogP contribution in [-0.4, -0.2) is 13.1 Å². The van der Waals surface area contributed by atoms with Crippen molar-refractivity contribution in [1.82, 2.24) is 5.32 Å². The Kier molecular flexibility index (Phi) is 3.68. The topological polar surface area (TPSA) is 12.0 Å². The lowest BCUT2D eigenvalue weighted by atomic mass is 9.82. The van der Waals surface area contributed by atoms with E-state index in [0.29, 0.717) is 5.41 Å². The van der Waals surface area contributed by atoms with E-state index in [1.165, 1.54) is 19.5 Å². The summed E-state index contributed by atoms with van der Waals surface area (Å²) >= 11 is 0. The van der Waals surface area contributed by atoms with Gasteiger partial charge in [-0.3, -0.25) is 0 Å². The van der Waals surface area contributed by atoms with Gasteiger partial charge in [-0.05, 0) is 30.8 Å². The lowest BCUT2D eigenvalue weighted by molar-refractivity contribution is 0.229. The molecule has 1 fully saturated rings. The second-order valence-corrected chi connectivity index (χ2v) is 4.29. The summed E-state index contributed by atoms with van der Waals surface area (Å²) in [6.45, 7) is 9.43. The normalized spacial score (nSPS) is 19.5. The average molecular weight is 164 g/mol. The summed E-state index contributed by atoms with van der Waals surface area (Å²) < 4.78 is 0. The largest absolute Gasteiger partial charge is 0.316 e. The quantitative estimate of drug-likeness (QED) is 0.624. The van der Waals surface area contributed by atoms with Gasteiger partial charge in [0.05, 0.1) is 0 Å². The summed E-state index contributed by atoms with van der Waals surface area (Å²) in [7, 11) is 0. The van der Waals surface area contributed by atoms with E-state index in [9.17, 15) is 0 Å². The highest BCUT2D eigenvalue weighted by Crippen LogP contribution is 2.25. The fourth-order valence-electron chi connectivity index (χ4n) is 1.36. The summed E-state index contributed by atoms with van der Waals surface area (Å²) in [6, 6.07) is 0. The van der Waals surface area contributed by atoms with Crippen molar-refractivity contribution in [1.29, 1.82) is 0 Å². The predicted octanol–water partition coefficient (Wildman–Crippen LogP) is 2.06. The molecule has 0 spiro atoms. The Morgan fingerprint density at radius 2 is 1.80 bits per heavy atom. The van der Waals surface area contributed by atoms with Crippen LogP contribution in [0.2, 0.25) is 0 Å². The van der Waals surface area contributed by atoms with Gasteiger partial charge in [-0.25, -0.2) is 0 Å². The minimum Gasteiger partial charge on any atom is -0.316 e. The van der Waals surface area contributed by atoms with Gasteiger partial charge < -0.3 is 5.32 Å². The van der Waals surface area contributed by atoms with Gasteiger partial charge in [-0.1, -0.05) is 20.8 Å². The highest BCUT2D eigenvalue weighted by atomic mass is 35.5. The van der Waals surface area contributed by atoms with Crippen LogP contribution in [0.15, 0.2) is 0 Å². The van der Waals surface area contributed by atoms with Crippen molar-refractivity contribution < 1.29 is 0 Å². The van der Waals surface area contributed by atoms with Crippen LogP contribution < -0.4 is 5.32 Å². The Balaban J connectivity index is 0.000000810. The Morgan fingerprint density at radius 3 is 1.90 bits per heavy atom. The summed E-state index contributed by atoms with van der Waals surface area (Å²) in [5.41, 5.74) is 0.534. The standard InChI is InChI=1S/C8H17N.ClH/c1-8(2,3)4-7-5-9-6-7;/h7,9H,4-6H2,1-3H3;1H. The molecule has 0 atom stereocenters. The molecule has 0 bridgehead atoms. The van der Waals surface area contributed by atoms with Crippen LogP contribution in [0.4, 0.5) is 0 Å². The van der Waals surface area contributed by atoms with Crippen molar-refractivity contribution in [3.8, 4) is 0 Å². The van der Waals surface area contributed by atoms with Crippen molar-refractivity contribution in [2.45, 2.75) is 27.2 Å². The minimum atomic E-state index is 0. The Morgan fingerprint density at radius 1 is 1.30 bits per heavy atom. The van der Waals surface area contributed by atoms with Gasteiger partial charge >= 0.3 is 0 Å². The maximum Gasteiger partial charge on any atom is -0.000805 e. The van der Waals surface area contributed by atoms with Gasteiger partial charge in [0.25, 0.3) is 0 Å². The monoisotopic (exact) mass is 163 g/mol. The molecule has 1 nitrogen and oxygen atoms in total. The van der Waals surface area contributed by atoms with Crippen LogP contribution in [0, 0.1) is 11.3 Å². The smallest absolute Gasteiger partial charge is 0.000805 e. The Bertz CT molecular complexity index is 91.9. The molecular weight excluding hydrogens is 146 g/mol. The third kappa shape index (κ3) is 3.43. The molecule has 62 valence electrons. The molecule has 2 heteroatoms. The highest BCUT2D eigenvalue weighted by Gasteiger charge is 2.22. The number of hydrogen-bond acceptors (Lipinski definition) is 1. The molecule has 1 aliphatic heterocycles. The third-order valence-electron chi connectivity index (χ3n) is 1.77. The fraction of sp³-hybridized carbons (Fsp3) is 1.00. The Labute approximate surface area is 70.0 Å². The second-order valence-electron chi connectivity index (χ2n) is 4.29. The molecule has 1 saturated heterocycles. The van der Waals surface area contributed by atoms with E-state index in [2.05, 4.69) is 26.1 Å². The van der Waals surface area contributed by atoms with Crippen LogP contribution in [0.25, 0.3) is 0 Å². The molecule has 10 heavy (non-hydrogen) atoms. The molecule has 0 aromatic carbocycles. The van der Waals surface area contributed by atoms with Crippen LogP contribution >= 0.6 is 12.4 Å². The highest BCUT2D eigenvalue weighted by molar-refractivity contribution is 5.85. The summed E-state index contributed by atoms with van der Waals surface area (Å²) in [4.78, 5) is 0. The first kappa shape index (κ1) is 10.2. The zero-order chi connectivity index (χ0) is 6.91. The fourth-order valence-corrected chi connectivity index (χ4v) is 1.36. The van der Waals surface area contributed by atoms with Crippen LogP contribution in [0.1, 0.15) is 27.2 Å². The third-order valence-corrected chi connectivity index (χ3v) is 1.77. The first-order valence-electron chi connectivity index (χ1n) is 3.79. The molecule has 0 unspecified atom stereocenters. The van der Waals surface area contributed by atoms with Gasteiger partial charge in [0.1, 0.15) is 0 Å². The number of hydrogen-bond donors (Lipinski definition) is 1. The first-order valence-corrected chi connectivity index (χ1v) is 3.79. The molecule has 1 aliphatic rings. The van der Waals surface area contributed by atoms with E-state index in [1.54, 1.807) is 0 Å². The minimum absolute atomic E-state index is 0. The number of rotatable bonds is 1. The average Bonchev–Trinajstić information content (AvgIpc) is 1.53. The van der Waals surface area contributed by atoms with E-state index in [4.69, 9.17) is 0 Å². The lowest BCUT2D eigenvalue weighted by Crippen LogP contribution is -2.43. The van der Waals surface area contributed by atoms with Gasteiger partial charge in [0, 0.05) is 0 Å². The molecular formula is C8H18ClN. The molecule has 1 N–H and O–H groups in total. The van der Waals surface area contributed by atoms with E-state index in [0.717, 1.165) is 5.92 Å². The maximum atomic E-state index is 3.28. The molecule has 0 amide bonds. The molecule has 0 aromatic rings. The molecule has 1 rings (SSSR count). The zero-order valence-corrected chi connectivity index (χ0v) is 7.92. The van der Waals surface area contributed by atoms with Crippen molar-refractivity contribution in [3.63, 3.8) is 0 Å². The van der Waals surface area contributed by atoms with Crippen LogP contribution in [0.3, 0.4) is 0 Å². The van der Waals surface area contributed by atoms with Crippen molar-refractivity contribution in [2.75, 3.05) is 13.1 Å². The van der Waals surface area contributed by atoms with Crippen LogP contribution in [0.5, 0.6) is 0 Å². The molecule has 0 radical (unpaired) electrons. The molecule has 0 aromatic heterocycles. The van der Waals surface area contributed by atoms with Crippen molar-refractivity contribution >= 4 is 12.4 Å². The number of nitrogens with one attached hydrogen (secondary N) is 1. The second kappa shape index (κ2) is 3.59. The van der Waals surface area contributed by atoms with Crippen molar-refractivity contribution in [2.24, 2.45) is 11.3 Å².